The van der Waals surface area contributed by atoms with E-state index >= 15 is 0 Å². The minimum absolute atomic E-state index is 0.976. The minimum Gasteiger partial charge on any atom is -0.299 e. The maximum Gasteiger partial charge on any atom is 0.148 e. The van der Waals surface area contributed by atoms with Crippen LogP contribution in [0.4, 0.5) is 5.82 Å². The Hall–Kier alpha value is -2.59. The second-order valence-electron chi connectivity index (χ2n) is 5.67. The fourth-order valence-electron chi connectivity index (χ4n) is 3.07. The normalized spacial score (nSPS) is 13.2. The van der Waals surface area contributed by atoms with Gasteiger partial charge in [-0.25, -0.2) is 9.97 Å². The van der Waals surface area contributed by atoms with E-state index < -0.39 is 0 Å². The van der Waals surface area contributed by atoms with Gasteiger partial charge in [0.2, 0.25) is 0 Å². The molecular weight excluding hydrogens is 302 g/mol. The van der Waals surface area contributed by atoms with Crippen molar-refractivity contribution in [2.45, 2.75) is 4.90 Å². The van der Waals surface area contributed by atoms with Crippen molar-refractivity contribution in [3.63, 3.8) is 0 Å². The molecular formula is C19H13N3S. The number of hydrogen-bond donors (Lipinski definition) is 0. The largest absolute Gasteiger partial charge is 0.299 e. The summed E-state index contributed by atoms with van der Waals surface area (Å²) in [6.07, 6.45) is 0. The predicted molar refractivity (Wildman–Crippen MR) is 96.7 cm³/mol. The van der Waals surface area contributed by atoms with Crippen LogP contribution in [-0.2, 0) is 0 Å². The summed E-state index contributed by atoms with van der Waals surface area (Å²) >= 11 is 1.69. The van der Waals surface area contributed by atoms with E-state index in [1.165, 1.54) is 10.3 Å². The summed E-state index contributed by atoms with van der Waals surface area (Å²) in [5.41, 5.74) is 4.17. The predicted octanol–water partition coefficient (Wildman–Crippen LogP) is 4.91. The Morgan fingerprint density at radius 2 is 1.48 bits per heavy atom. The highest BCUT2D eigenvalue weighted by molar-refractivity contribution is 8.00. The van der Waals surface area contributed by atoms with Gasteiger partial charge in [0.15, 0.2) is 0 Å². The number of pyridine rings is 2. The molecule has 0 saturated heterocycles. The summed E-state index contributed by atoms with van der Waals surface area (Å²) in [6.45, 7) is 0. The van der Waals surface area contributed by atoms with E-state index in [0.717, 1.165) is 33.5 Å². The van der Waals surface area contributed by atoms with Gasteiger partial charge in [0.05, 0.1) is 21.6 Å². The van der Waals surface area contributed by atoms with Crippen molar-refractivity contribution in [2.24, 2.45) is 0 Å². The van der Waals surface area contributed by atoms with Crippen LogP contribution >= 0.6 is 11.9 Å². The third kappa shape index (κ3) is 1.92. The van der Waals surface area contributed by atoms with Crippen LogP contribution in [0.25, 0.3) is 33.1 Å². The molecule has 0 N–H and O–H groups in total. The molecule has 110 valence electrons. The summed E-state index contributed by atoms with van der Waals surface area (Å²) in [5, 5.41) is 2.32. The fraction of sp³-hybridized carbons (Fsp3) is 0.0526. The second kappa shape index (κ2) is 4.70. The van der Waals surface area contributed by atoms with Crippen LogP contribution in [0.1, 0.15) is 0 Å². The molecule has 3 heterocycles. The number of fused-ring (bicyclic) bond motifs is 5. The van der Waals surface area contributed by atoms with Crippen LogP contribution < -0.4 is 4.31 Å². The van der Waals surface area contributed by atoms with Crippen molar-refractivity contribution in [2.75, 3.05) is 11.4 Å². The lowest BCUT2D eigenvalue weighted by Gasteiger charge is -2.27. The Kier molecular flexibility index (Phi) is 2.64. The summed E-state index contributed by atoms with van der Waals surface area (Å²) < 4.78 is 2.13. The van der Waals surface area contributed by atoms with Crippen LogP contribution in [0.3, 0.4) is 0 Å². The smallest absolute Gasteiger partial charge is 0.148 e. The molecule has 0 spiro atoms. The van der Waals surface area contributed by atoms with Gasteiger partial charge in [-0.2, -0.15) is 0 Å². The van der Waals surface area contributed by atoms with Crippen LogP contribution in [-0.4, -0.2) is 17.0 Å². The van der Waals surface area contributed by atoms with E-state index in [4.69, 9.17) is 9.97 Å². The average Bonchev–Trinajstić information content (AvgIpc) is 2.59. The van der Waals surface area contributed by atoms with Crippen molar-refractivity contribution in [3.8, 4) is 11.3 Å². The summed E-state index contributed by atoms with van der Waals surface area (Å²) in [4.78, 5) is 10.9. The van der Waals surface area contributed by atoms with Gasteiger partial charge in [-0.05, 0) is 36.2 Å². The summed E-state index contributed by atoms with van der Waals surface area (Å²) in [6, 6.07) is 20.9. The fourth-order valence-corrected chi connectivity index (χ4v) is 4.01. The zero-order chi connectivity index (χ0) is 15.4. The van der Waals surface area contributed by atoms with Gasteiger partial charge in [0.25, 0.3) is 0 Å². The molecule has 3 nitrogen and oxygen atoms in total. The Balaban J connectivity index is 1.86. The molecule has 2 aromatic heterocycles. The monoisotopic (exact) mass is 315 g/mol. The molecule has 23 heavy (non-hydrogen) atoms. The number of rotatable bonds is 0. The van der Waals surface area contributed by atoms with E-state index in [1.54, 1.807) is 11.9 Å². The van der Waals surface area contributed by atoms with Crippen molar-refractivity contribution < 1.29 is 0 Å². The Labute approximate surface area is 138 Å². The number of benzene rings is 2. The summed E-state index contributed by atoms with van der Waals surface area (Å²) in [7, 11) is 2.06. The quantitative estimate of drug-likeness (QED) is 0.431. The molecule has 1 aliphatic heterocycles. The first kappa shape index (κ1) is 12.9. The first-order valence-corrected chi connectivity index (χ1v) is 8.28. The number of anilines is 1. The van der Waals surface area contributed by atoms with Gasteiger partial charge in [0.1, 0.15) is 5.82 Å². The van der Waals surface area contributed by atoms with Gasteiger partial charge >= 0.3 is 0 Å². The van der Waals surface area contributed by atoms with Gasteiger partial charge in [-0.3, -0.25) is 4.31 Å². The van der Waals surface area contributed by atoms with Crippen LogP contribution in [0, 0.1) is 0 Å². The van der Waals surface area contributed by atoms with Crippen LogP contribution in [0.2, 0.25) is 0 Å². The molecule has 0 bridgehead atoms. The Bertz CT molecular complexity index is 1070. The molecule has 0 radical (unpaired) electrons. The Morgan fingerprint density at radius 1 is 0.826 bits per heavy atom. The lowest BCUT2D eigenvalue weighted by molar-refractivity contribution is 1.19. The first-order chi connectivity index (χ1) is 11.3. The lowest BCUT2D eigenvalue weighted by atomic mass is 10.1. The molecule has 5 rings (SSSR count). The highest BCUT2D eigenvalue weighted by Gasteiger charge is 2.24. The molecule has 0 unspecified atom stereocenters. The molecule has 0 aliphatic carbocycles. The van der Waals surface area contributed by atoms with Crippen LogP contribution in [0.5, 0.6) is 0 Å². The standard InChI is InChI=1S/C19H13N3S/c1-22-19-14(10-12-6-2-5-9-16(12)21-19)18-17(23-22)11-13-7-3-4-8-15(13)20-18/h2-11H,1H3. The third-order valence-electron chi connectivity index (χ3n) is 4.18. The summed E-state index contributed by atoms with van der Waals surface area (Å²) in [5.74, 6) is 0.976. The molecule has 0 saturated carbocycles. The molecule has 0 fully saturated rings. The van der Waals surface area contributed by atoms with Crippen molar-refractivity contribution >= 4 is 39.6 Å². The number of aromatic nitrogens is 2. The van der Waals surface area contributed by atoms with Crippen molar-refractivity contribution in [1.29, 1.82) is 0 Å². The van der Waals surface area contributed by atoms with Gasteiger partial charge < -0.3 is 0 Å². The average molecular weight is 315 g/mol. The van der Waals surface area contributed by atoms with E-state index in [0.29, 0.717) is 0 Å². The zero-order valence-corrected chi connectivity index (χ0v) is 13.3. The molecule has 4 aromatic rings. The second-order valence-corrected chi connectivity index (χ2v) is 6.84. The SMILES string of the molecule is CN1Sc2cc3ccccc3nc2-c2cc3ccccc3nc21. The van der Waals surface area contributed by atoms with Crippen molar-refractivity contribution in [1.82, 2.24) is 9.97 Å². The third-order valence-corrected chi connectivity index (χ3v) is 5.14. The lowest BCUT2D eigenvalue weighted by Crippen LogP contribution is -2.14. The highest BCUT2D eigenvalue weighted by atomic mass is 32.2. The van der Waals surface area contributed by atoms with Crippen molar-refractivity contribution in [3.05, 3.63) is 60.7 Å². The van der Waals surface area contributed by atoms with E-state index in [-0.39, 0.29) is 0 Å². The van der Waals surface area contributed by atoms with Gasteiger partial charge in [-0.1, -0.05) is 36.4 Å². The van der Waals surface area contributed by atoms with E-state index in [1.807, 2.05) is 18.2 Å². The molecule has 0 amide bonds. The topological polar surface area (TPSA) is 29.0 Å². The number of nitrogens with zero attached hydrogens (tertiary/aromatic N) is 3. The maximum absolute atomic E-state index is 4.91. The van der Waals surface area contributed by atoms with Gasteiger partial charge in [0, 0.05) is 23.4 Å². The molecule has 4 heteroatoms. The number of para-hydroxylation sites is 2. The zero-order valence-electron chi connectivity index (χ0n) is 12.5. The van der Waals surface area contributed by atoms with E-state index in [9.17, 15) is 0 Å². The molecule has 2 aromatic carbocycles. The highest BCUT2D eigenvalue weighted by Crippen LogP contribution is 2.45. The minimum atomic E-state index is 0.976. The molecule has 1 aliphatic rings. The molecule has 0 atom stereocenters. The van der Waals surface area contributed by atoms with E-state index in [2.05, 4.69) is 53.8 Å². The number of hydrogen-bond acceptors (Lipinski definition) is 4. The first-order valence-electron chi connectivity index (χ1n) is 7.51. The van der Waals surface area contributed by atoms with Gasteiger partial charge in [-0.15, -0.1) is 0 Å². The maximum atomic E-state index is 4.91. The van der Waals surface area contributed by atoms with Crippen LogP contribution in [0.15, 0.2) is 65.6 Å². The Morgan fingerprint density at radius 3 is 2.26 bits per heavy atom.